The van der Waals surface area contributed by atoms with Crippen molar-refractivity contribution in [3.8, 4) is 28.4 Å². The summed E-state index contributed by atoms with van der Waals surface area (Å²) in [5.74, 6) is 1.07. The standard InChI is InChI=1S/C26H19ClO6/c1-2-15-11-19-23(13-22(15)33-26(29)16-3-6-18(27)7-4-16)32-14-20(25(19)28)17-5-8-21-24(12-17)31-10-9-30-21/h3-8,11-14H,2,9-10H2,1H3. The second kappa shape index (κ2) is 8.64. The summed E-state index contributed by atoms with van der Waals surface area (Å²) in [4.78, 5) is 25.9. The van der Waals surface area contributed by atoms with E-state index in [2.05, 4.69) is 0 Å². The van der Waals surface area contributed by atoms with Crippen LogP contribution in [-0.4, -0.2) is 19.2 Å². The van der Waals surface area contributed by atoms with Gasteiger partial charge >= 0.3 is 5.97 Å². The van der Waals surface area contributed by atoms with Gasteiger partial charge < -0.3 is 18.6 Å². The van der Waals surface area contributed by atoms with E-state index in [1.165, 1.54) is 6.26 Å². The Labute approximate surface area is 194 Å². The number of hydrogen-bond donors (Lipinski definition) is 0. The molecule has 1 aromatic heterocycles. The minimum absolute atomic E-state index is 0.182. The van der Waals surface area contributed by atoms with Crippen LogP contribution in [0.15, 0.2) is 70.1 Å². The molecule has 4 aromatic rings. The zero-order valence-electron chi connectivity index (χ0n) is 17.7. The van der Waals surface area contributed by atoms with Gasteiger partial charge in [-0.2, -0.15) is 0 Å². The maximum Gasteiger partial charge on any atom is 0.343 e. The van der Waals surface area contributed by atoms with Gasteiger partial charge in [-0.3, -0.25) is 4.79 Å². The van der Waals surface area contributed by atoms with Crippen LogP contribution in [0, 0.1) is 0 Å². The lowest BCUT2D eigenvalue weighted by Crippen LogP contribution is -2.15. The lowest BCUT2D eigenvalue weighted by molar-refractivity contribution is 0.0733. The second-order valence-electron chi connectivity index (χ2n) is 7.54. The first-order valence-electron chi connectivity index (χ1n) is 10.5. The fraction of sp³-hybridized carbons (Fsp3) is 0.154. The zero-order chi connectivity index (χ0) is 22.9. The van der Waals surface area contributed by atoms with Crippen molar-refractivity contribution >= 4 is 28.5 Å². The zero-order valence-corrected chi connectivity index (χ0v) is 18.5. The summed E-state index contributed by atoms with van der Waals surface area (Å²) in [6.45, 7) is 2.88. The average molecular weight is 463 g/mol. The predicted octanol–water partition coefficient (Wildman–Crippen LogP) is 5.67. The number of hydrogen-bond acceptors (Lipinski definition) is 6. The Morgan fingerprint density at radius 1 is 1.00 bits per heavy atom. The monoisotopic (exact) mass is 462 g/mol. The molecule has 0 saturated heterocycles. The molecule has 1 aliphatic rings. The predicted molar refractivity (Wildman–Crippen MR) is 125 cm³/mol. The molecule has 0 spiro atoms. The molecule has 0 saturated carbocycles. The molecule has 0 amide bonds. The van der Waals surface area contributed by atoms with Crippen LogP contribution in [0.4, 0.5) is 0 Å². The summed E-state index contributed by atoms with van der Waals surface area (Å²) in [5, 5.41) is 0.938. The summed E-state index contributed by atoms with van der Waals surface area (Å²) in [7, 11) is 0. The number of halogens is 1. The van der Waals surface area contributed by atoms with Gasteiger partial charge in [-0.15, -0.1) is 0 Å². The van der Waals surface area contributed by atoms with E-state index in [4.69, 9.17) is 30.2 Å². The van der Waals surface area contributed by atoms with Crippen LogP contribution in [0.2, 0.25) is 5.02 Å². The molecule has 0 aliphatic carbocycles. The Kier molecular flexibility index (Phi) is 5.52. The highest BCUT2D eigenvalue weighted by Crippen LogP contribution is 2.34. The highest BCUT2D eigenvalue weighted by atomic mass is 35.5. The van der Waals surface area contributed by atoms with Gasteiger partial charge in [0.15, 0.2) is 11.5 Å². The van der Waals surface area contributed by atoms with Crippen LogP contribution in [0.5, 0.6) is 17.2 Å². The molecule has 166 valence electrons. The normalized spacial score (nSPS) is 12.5. The summed E-state index contributed by atoms with van der Waals surface area (Å²) in [5.41, 5.74) is 2.32. The Bertz CT molecular complexity index is 1420. The fourth-order valence-electron chi connectivity index (χ4n) is 3.73. The van der Waals surface area contributed by atoms with Crippen LogP contribution in [0.1, 0.15) is 22.8 Å². The minimum atomic E-state index is -0.518. The van der Waals surface area contributed by atoms with E-state index in [1.54, 1.807) is 54.6 Å². The van der Waals surface area contributed by atoms with Crippen LogP contribution < -0.4 is 19.6 Å². The number of rotatable bonds is 4. The number of ether oxygens (including phenoxy) is 3. The number of carbonyl (C=O) groups is 1. The van der Waals surface area contributed by atoms with Crippen LogP contribution in [-0.2, 0) is 6.42 Å². The number of carbonyl (C=O) groups excluding carboxylic acids is 1. The van der Waals surface area contributed by atoms with Gasteiger partial charge in [0.05, 0.1) is 16.5 Å². The van der Waals surface area contributed by atoms with Gasteiger partial charge in [-0.1, -0.05) is 24.6 Å². The molecule has 1 aliphatic heterocycles. The van der Waals surface area contributed by atoms with Crippen molar-refractivity contribution < 1.29 is 23.4 Å². The van der Waals surface area contributed by atoms with Gasteiger partial charge in [0.2, 0.25) is 5.43 Å². The van der Waals surface area contributed by atoms with Crippen LogP contribution in [0.3, 0.4) is 0 Å². The summed E-state index contributed by atoms with van der Waals surface area (Å²) < 4.78 is 22.6. The van der Waals surface area contributed by atoms with E-state index >= 15 is 0 Å². The molecular formula is C26H19ClO6. The van der Waals surface area contributed by atoms with Crippen LogP contribution >= 0.6 is 11.6 Å². The topological polar surface area (TPSA) is 75.0 Å². The molecule has 0 radical (unpaired) electrons. The fourth-order valence-corrected chi connectivity index (χ4v) is 3.85. The Morgan fingerprint density at radius 3 is 2.52 bits per heavy atom. The molecule has 7 heteroatoms. The molecule has 33 heavy (non-hydrogen) atoms. The first kappa shape index (κ1) is 21.1. The molecule has 6 nitrogen and oxygen atoms in total. The van der Waals surface area contributed by atoms with Crippen molar-refractivity contribution in [1.82, 2.24) is 0 Å². The van der Waals surface area contributed by atoms with E-state index in [1.807, 2.05) is 6.92 Å². The average Bonchev–Trinajstić information content (AvgIpc) is 2.84. The largest absolute Gasteiger partial charge is 0.486 e. The van der Waals surface area contributed by atoms with Gasteiger partial charge in [0, 0.05) is 11.1 Å². The number of esters is 1. The van der Waals surface area contributed by atoms with E-state index in [0.717, 1.165) is 5.56 Å². The van der Waals surface area contributed by atoms with Gasteiger partial charge in [0.1, 0.15) is 30.8 Å². The quantitative estimate of drug-likeness (QED) is 0.287. The highest BCUT2D eigenvalue weighted by Gasteiger charge is 2.18. The molecule has 0 atom stereocenters. The summed E-state index contributed by atoms with van der Waals surface area (Å²) in [6.07, 6.45) is 1.97. The van der Waals surface area contributed by atoms with Crippen molar-refractivity contribution in [2.75, 3.05) is 13.2 Å². The highest BCUT2D eigenvalue weighted by molar-refractivity contribution is 6.30. The lowest BCUT2D eigenvalue weighted by atomic mass is 10.0. The molecule has 2 heterocycles. The van der Waals surface area contributed by atoms with E-state index in [0.29, 0.717) is 69.6 Å². The number of fused-ring (bicyclic) bond motifs is 2. The first-order valence-corrected chi connectivity index (χ1v) is 10.9. The molecule has 0 unspecified atom stereocenters. The third-order valence-corrected chi connectivity index (χ3v) is 5.72. The van der Waals surface area contributed by atoms with Crippen molar-refractivity contribution in [3.63, 3.8) is 0 Å². The van der Waals surface area contributed by atoms with Crippen molar-refractivity contribution in [2.45, 2.75) is 13.3 Å². The van der Waals surface area contributed by atoms with E-state index in [9.17, 15) is 9.59 Å². The third kappa shape index (κ3) is 4.05. The van der Waals surface area contributed by atoms with Gasteiger partial charge in [0.25, 0.3) is 0 Å². The lowest BCUT2D eigenvalue weighted by Gasteiger charge is -2.18. The molecule has 0 N–H and O–H groups in total. The Hall–Kier alpha value is -3.77. The molecule has 0 fully saturated rings. The van der Waals surface area contributed by atoms with Crippen molar-refractivity contribution in [2.24, 2.45) is 0 Å². The number of benzene rings is 3. The van der Waals surface area contributed by atoms with Crippen molar-refractivity contribution in [1.29, 1.82) is 0 Å². The number of aryl methyl sites for hydroxylation is 1. The maximum absolute atomic E-state index is 13.3. The minimum Gasteiger partial charge on any atom is -0.486 e. The SMILES string of the molecule is CCc1cc2c(=O)c(-c3ccc4c(c3)OCCO4)coc2cc1OC(=O)c1ccc(Cl)cc1. The second-order valence-corrected chi connectivity index (χ2v) is 7.98. The Morgan fingerprint density at radius 2 is 1.76 bits per heavy atom. The van der Waals surface area contributed by atoms with E-state index in [-0.39, 0.29) is 5.43 Å². The molecular weight excluding hydrogens is 444 g/mol. The van der Waals surface area contributed by atoms with Gasteiger partial charge in [-0.25, -0.2) is 4.79 Å². The first-order chi connectivity index (χ1) is 16.0. The van der Waals surface area contributed by atoms with E-state index < -0.39 is 5.97 Å². The summed E-state index contributed by atoms with van der Waals surface area (Å²) in [6, 6.07) is 15.1. The summed E-state index contributed by atoms with van der Waals surface area (Å²) >= 11 is 5.89. The smallest absolute Gasteiger partial charge is 0.343 e. The van der Waals surface area contributed by atoms with Crippen molar-refractivity contribution in [3.05, 3.63) is 87.2 Å². The molecule has 3 aromatic carbocycles. The van der Waals surface area contributed by atoms with Gasteiger partial charge in [-0.05, 0) is 60.0 Å². The third-order valence-electron chi connectivity index (χ3n) is 5.47. The van der Waals surface area contributed by atoms with Crippen LogP contribution in [0.25, 0.3) is 22.1 Å². The molecule has 0 bridgehead atoms. The maximum atomic E-state index is 13.3. The Balaban J connectivity index is 1.53. The molecule has 5 rings (SSSR count).